The first-order chi connectivity index (χ1) is 9.11. The van der Waals surface area contributed by atoms with Gasteiger partial charge < -0.3 is 10.2 Å². The molecule has 2 unspecified atom stereocenters. The number of nitrogens with zero attached hydrogens (tertiary/aromatic N) is 1. The van der Waals surface area contributed by atoms with Gasteiger partial charge in [-0.25, -0.2) is 4.39 Å². The van der Waals surface area contributed by atoms with Crippen LogP contribution in [0.1, 0.15) is 26.2 Å². The molecule has 2 rings (SSSR count). The summed E-state index contributed by atoms with van der Waals surface area (Å²) in [7, 11) is 1.70. The third kappa shape index (κ3) is 3.32. The predicted octanol–water partition coefficient (Wildman–Crippen LogP) is 2.57. The number of halogens is 1. The van der Waals surface area contributed by atoms with Crippen molar-refractivity contribution in [3.05, 3.63) is 30.1 Å². The lowest BCUT2D eigenvalue weighted by molar-refractivity contribution is -0.121. The second-order valence-electron chi connectivity index (χ2n) is 5.18. The Bertz CT molecular complexity index is 450. The average molecular weight is 264 g/mol. The van der Waals surface area contributed by atoms with Crippen molar-refractivity contribution in [1.29, 1.82) is 0 Å². The SMILES string of the molecule is CCC1CCNC(C(=O)N(C)c2cccc(F)c2)C1. The maximum absolute atomic E-state index is 13.2. The van der Waals surface area contributed by atoms with Crippen LogP contribution in [0, 0.1) is 11.7 Å². The van der Waals surface area contributed by atoms with Crippen molar-refractivity contribution in [2.45, 2.75) is 32.2 Å². The maximum atomic E-state index is 13.2. The molecule has 1 saturated heterocycles. The van der Waals surface area contributed by atoms with E-state index >= 15 is 0 Å². The van der Waals surface area contributed by atoms with E-state index in [1.54, 1.807) is 24.1 Å². The van der Waals surface area contributed by atoms with Crippen LogP contribution < -0.4 is 10.2 Å². The standard InChI is InChI=1S/C15H21FN2O/c1-3-11-7-8-17-14(9-11)15(19)18(2)13-6-4-5-12(16)10-13/h4-6,10-11,14,17H,3,7-9H2,1-2H3. The van der Waals surface area contributed by atoms with Gasteiger partial charge >= 0.3 is 0 Å². The summed E-state index contributed by atoms with van der Waals surface area (Å²) in [6.45, 7) is 3.04. The van der Waals surface area contributed by atoms with Crippen molar-refractivity contribution in [2.75, 3.05) is 18.5 Å². The van der Waals surface area contributed by atoms with Crippen LogP contribution >= 0.6 is 0 Å². The van der Waals surface area contributed by atoms with Crippen molar-refractivity contribution in [1.82, 2.24) is 5.32 Å². The van der Waals surface area contributed by atoms with Crippen LogP contribution in [0.3, 0.4) is 0 Å². The molecule has 3 nitrogen and oxygen atoms in total. The summed E-state index contributed by atoms with van der Waals surface area (Å²) in [5, 5.41) is 3.26. The lowest BCUT2D eigenvalue weighted by Crippen LogP contribution is -2.49. The molecular formula is C15H21FN2O. The van der Waals surface area contributed by atoms with Crippen LogP contribution in [0.15, 0.2) is 24.3 Å². The Morgan fingerprint density at radius 1 is 1.53 bits per heavy atom. The number of amides is 1. The highest BCUT2D eigenvalue weighted by atomic mass is 19.1. The second kappa shape index (κ2) is 6.15. The van der Waals surface area contributed by atoms with E-state index in [-0.39, 0.29) is 17.8 Å². The van der Waals surface area contributed by atoms with Crippen LogP contribution in [0.4, 0.5) is 10.1 Å². The highest BCUT2D eigenvalue weighted by Crippen LogP contribution is 2.22. The summed E-state index contributed by atoms with van der Waals surface area (Å²) < 4.78 is 13.2. The van der Waals surface area contributed by atoms with E-state index in [0.29, 0.717) is 11.6 Å². The Balaban J connectivity index is 2.06. The van der Waals surface area contributed by atoms with Crippen LogP contribution in [-0.2, 0) is 4.79 Å². The van der Waals surface area contributed by atoms with Crippen LogP contribution in [0.5, 0.6) is 0 Å². The van der Waals surface area contributed by atoms with E-state index < -0.39 is 0 Å². The highest BCUT2D eigenvalue weighted by Gasteiger charge is 2.28. The molecule has 1 aliphatic rings. The number of likely N-dealkylation sites (N-methyl/N-ethyl adjacent to an activating group) is 1. The molecule has 2 atom stereocenters. The molecule has 0 bridgehead atoms. The smallest absolute Gasteiger partial charge is 0.243 e. The Labute approximate surface area is 113 Å². The van der Waals surface area contributed by atoms with Gasteiger partial charge in [0.1, 0.15) is 5.82 Å². The molecule has 1 N–H and O–H groups in total. The number of carbonyl (C=O) groups is 1. The largest absolute Gasteiger partial charge is 0.314 e. The van der Waals surface area contributed by atoms with Crippen molar-refractivity contribution in [3.8, 4) is 0 Å². The minimum absolute atomic E-state index is 0.0174. The minimum Gasteiger partial charge on any atom is -0.314 e. The molecule has 104 valence electrons. The van der Waals surface area contributed by atoms with E-state index in [2.05, 4.69) is 12.2 Å². The van der Waals surface area contributed by atoms with Gasteiger partial charge in [-0.15, -0.1) is 0 Å². The summed E-state index contributed by atoms with van der Waals surface area (Å²) >= 11 is 0. The van der Waals surface area contributed by atoms with Crippen LogP contribution in [-0.4, -0.2) is 25.5 Å². The van der Waals surface area contributed by atoms with E-state index in [0.717, 1.165) is 25.8 Å². The molecule has 4 heteroatoms. The van der Waals surface area contributed by atoms with Gasteiger partial charge in [0.15, 0.2) is 0 Å². The summed E-state index contributed by atoms with van der Waals surface area (Å²) in [6, 6.07) is 6.00. The van der Waals surface area contributed by atoms with Crippen molar-refractivity contribution < 1.29 is 9.18 Å². The van der Waals surface area contributed by atoms with E-state index in [1.807, 2.05) is 0 Å². The molecular weight excluding hydrogens is 243 g/mol. The lowest BCUT2D eigenvalue weighted by atomic mass is 9.90. The molecule has 0 spiro atoms. The monoisotopic (exact) mass is 264 g/mol. The number of anilines is 1. The zero-order chi connectivity index (χ0) is 13.8. The molecule has 1 aromatic carbocycles. The van der Waals surface area contributed by atoms with Crippen molar-refractivity contribution in [3.63, 3.8) is 0 Å². The van der Waals surface area contributed by atoms with Gasteiger partial charge in [-0.05, 0) is 43.5 Å². The molecule has 0 aromatic heterocycles. The Hall–Kier alpha value is -1.42. The molecule has 1 amide bonds. The Morgan fingerprint density at radius 3 is 3.00 bits per heavy atom. The fourth-order valence-corrected chi connectivity index (χ4v) is 2.60. The lowest BCUT2D eigenvalue weighted by Gasteiger charge is -2.31. The van der Waals surface area contributed by atoms with E-state index in [4.69, 9.17) is 0 Å². The van der Waals surface area contributed by atoms with E-state index in [1.165, 1.54) is 12.1 Å². The molecule has 0 aliphatic carbocycles. The zero-order valence-corrected chi connectivity index (χ0v) is 11.5. The highest BCUT2D eigenvalue weighted by molar-refractivity contribution is 5.96. The van der Waals surface area contributed by atoms with Gasteiger partial charge in [-0.1, -0.05) is 19.4 Å². The fourth-order valence-electron chi connectivity index (χ4n) is 2.60. The third-order valence-electron chi connectivity index (χ3n) is 3.91. The quantitative estimate of drug-likeness (QED) is 0.910. The normalized spacial score (nSPS) is 23.1. The molecule has 1 aliphatic heterocycles. The first kappa shape index (κ1) is 14.0. The number of piperidine rings is 1. The molecule has 1 heterocycles. The third-order valence-corrected chi connectivity index (χ3v) is 3.91. The Kier molecular flexibility index (Phi) is 4.53. The minimum atomic E-state index is -0.319. The fraction of sp³-hybridized carbons (Fsp3) is 0.533. The molecule has 1 fully saturated rings. The number of hydrogen-bond donors (Lipinski definition) is 1. The average Bonchev–Trinajstić information content (AvgIpc) is 2.45. The topological polar surface area (TPSA) is 32.3 Å². The van der Waals surface area contributed by atoms with Gasteiger partial charge in [-0.3, -0.25) is 4.79 Å². The summed E-state index contributed by atoms with van der Waals surface area (Å²) in [4.78, 5) is 14.0. The number of nitrogens with one attached hydrogen (secondary N) is 1. The number of hydrogen-bond acceptors (Lipinski definition) is 2. The first-order valence-corrected chi connectivity index (χ1v) is 6.88. The van der Waals surface area contributed by atoms with Gasteiger partial charge in [0.25, 0.3) is 0 Å². The zero-order valence-electron chi connectivity index (χ0n) is 11.5. The molecule has 0 radical (unpaired) electrons. The van der Waals surface area contributed by atoms with Gasteiger partial charge in [0.05, 0.1) is 6.04 Å². The first-order valence-electron chi connectivity index (χ1n) is 6.88. The summed E-state index contributed by atoms with van der Waals surface area (Å²) in [5.41, 5.74) is 0.602. The second-order valence-corrected chi connectivity index (χ2v) is 5.18. The van der Waals surface area contributed by atoms with E-state index in [9.17, 15) is 9.18 Å². The van der Waals surface area contributed by atoms with Gasteiger partial charge in [0, 0.05) is 12.7 Å². The maximum Gasteiger partial charge on any atom is 0.243 e. The summed E-state index contributed by atoms with van der Waals surface area (Å²) in [6.07, 6.45) is 3.11. The predicted molar refractivity (Wildman–Crippen MR) is 74.6 cm³/mol. The number of carbonyl (C=O) groups excluding carboxylic acids is 1. The van der Waals surface area contributed by atoms with Crippen LogP contribution in [0.2, 0.25) is 0 Å². The van der Waals surface area contributed by atoms with Crippen LogP contribution in [0.25, 0.3) is 0 Å². The number of rotatable bonds is 3. The van der Waals surface area contributed by atoms with Gasteiger partial charge in [-0.2, -0.15) is 0 Å². The van der Waals surface area contributed by atoms with Gasteiger partial charge in [0.2, 0.25) is 5.91 Å². The molecule has 0 saturated carbocycles. The Morgan fingerprint density at radius 2 is 2.32 bits per heavy atom. The molecule has 19 heavy (non-hydrogen) atoms. The molecule has 1 aromatic rings. The number of benzene rings is 1. The van der Waals surface area contributed by atoms with Crippen molar-refractivity contribution in [2.24, 2.45) is 5.92 Å². The van der Waals surface area contributed by atoms with Crippen molar-refractivity contribution >= 4 is 11.6 Å². The summed E-state index contributed by atoms with van der Waals surface area (Å²) in [5.74, 6) is 0.306.